The Labute approximate surface area is 99.1 Å². The third-order valence-electron chi connectivity index (χ3n) is 2.28. The molecule has 0 aliphatic carbocycles. The number of carboxylic acid groups (broad SMARTS) is 1. The summed E-state index contributed by atoms with van der Waals surface area (Å²) in [5.41, 5.74) is -0.113. The lowest BCUT2D eigenvalue weighted by molar-refractivity contribution is -0.146. The van der Waals surface area contributed by atoms with Crippen LogP contribution in [0.5, 0.6) is 0 Å². The topological polar surface area (TPSA) is 92.2 Å². The van der Waals surface area contributed by atoms with Crippen LogP contribution in [0.3, 0.4) is 0 Å². The van der Waals surface area contributed by atoms with Crippen LogP contribution in [-0.4, -0.2) is 33.5 Å². The van der Waals surface area contributed by atoms with Gasteiger partial charge in [0.1, 0.15) is 5.69 Å². The minimum atomic E-state index is -1.01. The second kappa shape index (κ2) is 4.90. The standard InChI is InChI=1S/C11H15N3O3/c1-7-4-13-8(5-12-7)9(15)14-6-11(2,3)10(16)17/h4-5H,6H2,1-3H3,(H,14,15)(H,16,17). The maximum atomic E-state index is 11.6. The van der Waals surface area contributed by atoms with Gasteiger partial charge in [-0.05, 0) is 20.8 Å². The molecule has 1 aromatic rings. The highest BCUT2D eigenvalue weighted by Gasteiger charge is 2.27. The molecule has 0 bridgehead atoms. The monoisotopic (exact) mass is 237 g/mol. The average molecular weight is 237 g/mol. The summed E-state index contributed by atoms with van der Waals surface area (Å²) in [4.78, 5) is 30.3. The first-order valence-electron chi connectivity index (χ1n) is 5.13. The number of carbonyl (C=O) groups excluding carboxylic acids is 1. The number of aryl methyl sites for hydroxylation is 1. The molecule has 0 aliphatic rings. The van der Waals surface area contributed by atoms with Gasteiger partial charge in [-0.15, -0.1) is 0 Å². The van der Waals surface area contributed by atoms with Gasteiger partial charge >= 0.3 is 5.97 Å². The molecule has 0 aliphatic heterocycles. The van der Waals surface area contributed by atoms with E-state index in [1.807, 2.05) is 0 Å². The van der Waals surface area contributed by atoms with Gasteiger partial charge in [-0.1, -0.05) is 0 Å². The van der Waals surface area contributed by atoms with Gasteiger partial charge in [0, 0.05) is 12.7 Å². The summed E-state index contributed by atoms with van der Waals surface area (Å²) in [6.07, 6.45) is 2.84. The van der Waals surface area contributed by atoms with Crippen molar-refractivity contribution in [2.75, 3.05) is 6.54 Å². The summed E-state index contributed by atoms with van der Waals surface area (Å²) in [6.45, 7) is 4.88. The number of nitrogens with one attached hydrogen (secondary N) is 1. The fourth-order valence-corrected chi connectivity index (χ4v) is 0.977. The first-order valence-corrected chi connectivity index (χ1v) is 5.13. The van der Waals surface area contributed by atoms with Crippen molar-refractivity contribution in [3.05, 3.63) is 23.8 Å². The van der Waals surface area contributed by atoms with Crippen molar-refractivity contribution in [3.63, 3.8) is 0 Å². The van der Waals surface area contributed by atoms with Gasteiger partial charge in [-0.25, -0.2) is 4.98 Å². The van der Waals surface area contributed by atoms with Gasteiger partial charge in [0.05, 0.1) is 17.3 Å². The van der Waals surface area contributed by atoms with Crippen LogP contribution in [0, 0.1) is 12.3 Å². The van der Waals surface area contributed by atoms with Crippen LogP contribution in [0.4, 0.5) is 0 Å². The van der Waals surface area contributed by atoms with Crippen molar-refractivity contribution >= 4 is 11.9 Å². The first-order chi connectivity index (χ1) is 7.83. The summed E-state index contributed by atoms with van der Waals surface area (Å²) in [5, 5.41) is 11.4. The van der Waals surface area contributed by atoms with E-state index >= 15 is 0 Å². The minimum absolute atomic E-state index is 0.0384. The van der Waals surface area contributed by atoms with E-state index in [1.165, 1.54) is 26.2 Å². The smallest absolute Gasteiger partial charge is 0.310 e. The van der Waals surface area contributed by atoms with Gasteiger partial charge in [0.15, 0.2) is 0 Å². The normalized spacial score (nSPS) is 11.0. The lowest BCUT2D eigenvalue weighted by Crippen LogP contribution is -2.39. The molecule has 2 N–H and O–H groups in total. The van der Waals surface area contributed by atoms with Gasteiger partial charge < -0.3 is 10.4 Å². The lowest BCUT2D eigenvalue weighted by atomic mass is 9.94. The summed E-state index contributed by atoms with van der Waals surface area (Å²) >= 11 is 0. The van der Waals surface area contributed by atoms with E-state index in [0.29, 0.717) is 5.69 Å². The molecule has 92 valence electrons. The average Bonchev–Trinajstić information content (AvgIpc) is 2.27. The maximum absolute atomic E-state index is 11.6. The number of carbonyl (C=O) groups is 2. The van der Waals surface area contributed by atoms with Gasteiger partial charge in [-0.3, -0.25) is 14.6 Å². The number of aromatic nitrogens is 2. The molecule has 17 heavy (non-hydrogen) atoms. The van der Waals surface area contributed by atoms with Crippen molar-refractivity contribution in [1.82, 2.24) is 15.3 Å². The Kier molecular flexibility index (Phi) is 3.77. The zero-order chi connectivity index (χ0) is 13.1. The molecule has 1 rings (SSSR count). The van der Waals surface area contributed by atoms with Crippen molar-refractivity contribution in [1.29, 1.82) is 0 Å². The predicted molar refractivity (Wildman–Crippen MR) is 60.5 cm³/mol. The number of carboxylic acids is 1. The quantitative estimate of drug-likeness (QED) is 0.801. The Bertz CT molecular complexity index is 426. The first kappa shape index (κ1) is 13.1. The predicted octanol–water partition coefficient (Wildman–Crippen LogP) is 0.626. The Morgan fingerprint density at radius 2 is 2.00 bits per heavy atom. The maximum Gasteiger partial charge on any atom is 0.310 e. The lowest BCUT2D eigenvalue weighted by Gasteiger charge is -2.19. The molecule has 0 radical (unpaired) electrons. The van der Waals surface area contributed by atoms with Crippen LogP contribution in [-0.2, 0) is 4.79 Å². The summed E-state index contributed by atoms with van der Waals surface area (Å²) < 4.78 is 0. The number of hydrogen-bond donors (Lipinski definition) is 2. The molecule has 0 saturated heterocycles. The van der Waals surface area contributed by atoms with E-state index in [-0.39, 0.29) is 12.2 Å². The Hall–Kier alpha value is -1.98. The third kappa shape index (κ3) is 3.51. The van der Waals surface area contributed by atoms with E-state index in [2.05, 4.69) is 15.3 Å². The van der Waals surface area contributed by atoms with Crippen molar-refractivity contribution in [2.24, 2.45) is 5.41 Å². The molecule has 0 fully saturated rings. The molecule has 1 aromatic heterocycles. The van der Waals surface area contributed by atoms with Crippen molar-refractivity contribution in [2.45, 2.75) is 20.8 Å². The van der Waals surface area contributed by atoms with Crippen LogP contribution >= 0.6 is 0 Å². The molecule has 0 atom stereocenters. The number of nitrogens with zero attached hydrogens (tertiary/aromatic N) is 2. The van der Waals surface area contributed by atoms with Gasteiger partial charge in [-0.2, -0.15) is 0 Å². The minimum Gasteiger partial charge on any atom is -0.481 e. The molecule has 6 heteroatoms. The number of aliphatic carboxylic acids is 1. The van der Waals surface area contributed by atoms with E-state index in [4.69, 9.17) is 5.11 Å². The highest BCUT2D eigenvalue weighted by Crippen LogP contribution is 2.13. The largest absolute Gasteiger partial charge is 0.481 e. The van der Waals surface area contributed by atoms with Crippen LogP contribution in [0.2, 0.25) is 0 Å². The Morgan fingerprint density at radius 3 is 2.47 bits per heavy atom. The van der Waals surface area contributed by atoms with Crippen LogP contribution in [0.15, 0.2) is 12.4 Å². The molecule has 0 saturated carbocycles. The third-order valence-corrected chi connectivity index (χ3v) is 2.28. The van der Waals surface area contributed by atoms with E-state index in [0.717, 1.165) is 0 Å². The van der Waals surface area contributed by atoms with E-state index in [9.17, 15) is 9.59 Å². The molecule has 0 aromatic carbocycles. The van der Waals surface area contributed by atoms with Gasteiger partial charge in [0.2, 0.25) is 0 Å². The van der Waals surface area contributed by atoms with Crippen LogP contribution in [0.1, 0.15) is 30.0 Å². The number of hydrogen-bond acceptors (Lipinski definition) is 4. The molecule has 0 spiro atoms. The zero-order valence-corrected chi connectivity index (χ0v) is 10.0. The fourth-order valence-electron chi connectivity index (χ4n) is 0.977. The Morgan fingerprint density at radius 1 is 1.35 bits per heavy atom. The second-order valence-electron chi connectivity index (χ2n) is 4.41. The molecule has 6 nitrogen and oxygen atoms in total. The fraction of sp³-hybridized carbons (Fsp3) is 0.455. The van der Waals surface area contributed by atoms with Gasteiger partial charge in [0.25, 0.3) is 5.91 Å². The highest BCUT2D eigenvalue weighted by atomic mass is 16.4. The highest BCUT2D eigenvalue weighted by molar-refractivity contribution is 5.92. The second-order valence-corrected chi connectivity index (χ2v) is 4.41. The molecule has 1 amide bonds. The van der Waals surface area contributed by atoms with Crippen molar-refractivity contribution in [3.8, 4) is 0 Å². The van der Waals surface area contributed by atoms with E-state index < -0.39 is 17.3 Å². The molecule has 0 unspecified atom stereocenters. The van der Waals surface area contributed by atoms with Crippen LogP contribution < -0.4 is 5.32 Å². The molecule has 1 heterocycles. The summed E-state index contributed by atoms with van der Waals surface area (Å²) in [7, 11) is 0. The summed E-state index contributed by atoms with van der Waals surface area (Å²) in [5.74, 6) is -1.39. The number of amides is 1. The Balaban J connectivity index is 2.62. The molecular weight excluding hydrogens is 222 g/mol. The SMILES string of the molecule is Cc1cnc(C(=O)NCC(C)(C)C(=O)O)cn1. The van der Waals surface area contributed by atoms with Crippen LogP contribution in [0.25, 0.3) is 0 Å². The van der Waals surface area contributed by atoms with E-state index in [1.54, 1.807) is 6.92 Å². The van der Waals surface area contributed by atoms with Crippen molar-refractivity contribution < 1.29 is 14.7 Å². The summed E-state index contributed by atoms with van der Waals surface area (Å²) in [6, 6.07) is 0. The zero-order valence-electron chi connectivity index (χ0n) is 10.0. The molecular formula is C11H15N3O3. The number of rotatable bonds is 4.